The highest BCUT2D eigenvalue weighted by atomic mass is 32.1. The maximum Gasteiger partial charge on any atom is 0.195 e. The van der Waals surface area contributed by atoms with Crippen molar-refractivity contribution in [3.8, 4) is 38.7 Å². The summed E-state index contributed by atoms with van der Waals surface area (Å²) in [6.07, 6.45) is 4.07. The fourth-order valence-corrected chi connectivity index (χ4v) is 5.60. The Morgan fingerprint density at radius 3 is 2.03 bits per heavy atom. The average molecular weight is 503 g/mol. The van der Waals surface area contributed by atoms with Crippen LogP contribution in [0.15, 0.2) is 109 Å². The van der Waals surface area contributed by atoms with Crippen LogP contribution >= 0.6 is 11.3 Å². The van der Waals surface area contributed by atoms with E-state index in [1.165, 1.54) is 12.1 Å². The molecule has 0 fully saturated rings. The Morgan fingerprint density at radius 2 is 1.38 bits per heavy atom. The van der Waals surface area contributed by atoms with Gasteiger partial charge in [-0.1, -0.05) is 90.2 Å². The molecule has 0 saturated heterocycles. The number of benzene rings is 4. The third kappa shape index (κ3) is 4.46. The Balaban J connectivity index is 1.63. The Bertz CT molecular complexity index is 1680. The third-order valence-electron chi connectivity index (χ3n) is 6.26. The van der Waals surface area contributed by atoms with Gasteiger partial charge in [0.25, 0.3) is 0 Å². The van der Waals surface area contributed by atoms with Crippen molar-refractivity contribution in [2.75, 3.05) is 7.11 Å². The van der Waals surface area contributed by atoms with Gasteiger partial charge in [-0.3, -0.25) is 4.40 Å². The van der Waals surface area contributed by atoms with E-state index in [-0.39, 0.29) is 5.82 Å². The van der Waals surface area contributed by atoms with Gasteiger partial charge in [0.15, 0.2) is 4.96 Å². The van der Waals surface area contributed by atoms with Gasteiger partial charge in [0.05, 0.1) is 29.1 Å². The molecule has 0 unspecified atom stereocenters. The largest absolute Gasteiger partial charge is 0.497 e. The normalized spacial score (nSPS) is 11.4. The van der Waals surface area contributed by atoms with E-state index in [2.05, 4.69) is 59.0 Å². The van der Waals surface area contributed by atoms with Crippen molar-refractivity contribution < 1.29 is 9.13 Å². The SMILES string of the molecule is COc1ccc(-c2nc3sc(-c4ccccc4)c(-c4ccccc4)n3c2/C=C/c2ccc(F)cc2)cc1. The molecule has 0 saturated carbocycles. The van der Waals surface area contributed by atoms with Crippen LogP contribution in [-0.2, 0) is 0 Å². The summed E-state index contributed by atoms with van der Waals surface area (Å²) in [5.74, 6) is 0.545. The van der Waals surface area contributed by atoms with Gasteiger partial charge in [0.2, 0.25) is 0 Å². The van der Waals surface area contributed by atoms with E-state index in [0.29, 0.717) is 0 Å². The molecule has 2 aromatic heterocycles. The maximum absolute atomic E-state index is 13.5. The maximum atomic E-state index is 13.5. The summed E-state index contributed by atoms with van der Waals surface area (Å²) in [4.78, 5) is 7.19. The molecule has 0 N–H and O–H groups in total. The van der Waals surface area contributed by atoms with Crippen LogP contribution in [0.25, 0.3) is 50.1 Å². The fourth-order valence-electron chi connectivity index (χ4n) is 4.44. The lowest BCUT2D eigenvalue weighted by atomic mass is 10.1. The second-order valence-corrected chi connectivity index (χ2v) is 9.57. The van der Waals surface area contributed by atoms with E-state index >= 15 is 0 Å². The quantitative estimate of drug-likeness (QED) is 0.228. The number of ether oxygens (including phenoxy) is 1. The zero-order chi connectivity index (χ0) is 25.2. The first-order chi connectivity index (χ1) is 18.2. The van der Waals surface area contributed by atoms with Crippen LogP contribution in [0, 0.1) is 5.82 Å². The molecule has 0 atom stereocenters. The first-order valence-corrected chi connectivity index (χ1v) is 12.8. The lowest BCUT2D eigenvalue weighted by molar-refractivity contribution is 0.415. The summed E-state index contributed by atoms with van der Waals surface area (Å²) in [5, 5.41) is 0. The van der Waals surface area contributed by atoms with E-state index in [1.54, 1.807) is 30.6 Å². The standard InChI is InChI=1S/C32H23FN2OS/c1-36-27-19-15-23(16-20-27)29-28(21-14-22-12-17-26(33)18-13-22)35-30(24-8-4-2-5-9-24)31(37-32(35)34-29)25-10-6-3-7-11-25/h2-21H,1H3/b21-14+. The van der Waals surface area contributed by atoms with Gasteiger partial charge >= 0.3 is 0 Å². The molecule has 0 aliphatic heterocycles. The number of fused-ring (bicyclic) bond motifs is 1. The Labute approximate surface area is 218 Å². The van der Waals surface area contributed by atoms with Crippen molar-refractivity contribution in [1.82, 2.24) is 9.38 Å². The van der Waals surface area contributed by atoms with Gasteiger partial charge < -0.3 is 4.74 Å². The molecule has 0 bridgehead atoms. The fraction of sp³-hybridized carbons (Fsp3) is 0.0312. The van der Waals surface area contributed by atoms with E-state index in [4.69, 9.17) is 9.72 Å². The molecule has 180 valence electrons. The van der Waals surface area contributed by atoms with Crippen molar-refractivity contribution in [3.05, 3.63) is 126 Å². The minimum atomic E-state index is -0.250. The van der Waals surface area contributed by atoms with Gasteiger partial charge in [-0.15, -0.1) is 0 Å². The Morgan fingerprint density at radius 1 is 0.730 bits per heavy atom. The van der Waals surface area contributed by atoms with Crippen LogP contribution in [0.5, 0.6) is 5.75 Å². The van der Waals surface area contributed by atoms with Crippen molar-refractivity contribution in [1.29, 1.82) is 0 Å². The molecule has 0 radical (unpaired) electrons. The molecule has 0 amide bonds. The topological polar surface area (TPSA) is 26.5 Å². The number of aromatic nitrogens is 2. The number of imidazole rings is 1. The number of hydrogen-bond acceptors (Lipinski definition) is 3. The molecule has 4 aromatic carbocycles. The Hall–Kier alpha value is -4.48. The predicted molar refractivity (Wildman–Crippen MR) is 151 cm³/mol. The molecule has 6 aromatic rings. The number of thiazole rings is 1. The molecule has 6 rings (SSSR count). The summed E-state index contributed by atoms with van der Waals surface area (Å²) < 4.78 is 21.1. The Kier molecular flexibility index (Phi) is 6.13. The number of halogens is 1. The van der Waals surface area contributed by atoms with Crippen LogP contribution in [0.1, 0.15) is 11.3 Å². The summed E-state index contributed by atoms with van der Waals surface area (Å²) in [7, 11) is 1.66. The minimum absolute atomic E-state index is 0.250. The van der Waals surface area contributed by atoms with E-state index < -0.39 is 0 Å². The van der Waals surface area contributed by atoms with E-state index in [9.17, 15) is 4.39 Å². The molecule has 5 heteroatoms. The van der Waals surface area contributed by atoms with Crippen LogP contribution < -0.4 is 4.74 Å². The van der Waals surface area contributed by atoms with Gasteiger partial charge in [0, 0.05) is 11.1 Å². The van der Waals surface area contributed by atoms with Crippen LogP contribution in [0.4, 0.5) is 4.39 Å². The van der Waals surface area contributed by atoms with Crippen molar-refractivity contribution in [2.45, 2.75) is 0 Å². The minimum Gasteiger partial charge on any atom is -0.497 e. The highest BCUT2D eigenvalue weighted by Crippen LogP contribution is 2.42. The predicted octanol–water partition coefficient (Wildman–Crippen LogP) is 8.71. The van der Waals surface area contributed by atoms with Gasteiger partial charge in [-0.2, -0.15) is 0 Å². The molecular formula is C32H23FN2OS. The number of methoxy groups -OCH3 is 1. The molecule has 2 heterocycles. The summed E-state index contributed by atoms with van der Waals surface area (Å²) in [5.41, 5.74) is 7.11. The monoisotopic (exact) mass is 502 g/mol. The van der Waals surface area contributed by atoms with Crippen molar-refractivity contribution >= 4 is 28.4 Å². The van der Waals surface area contributed by atoms with Crippen LogP contribution in [0.3, 0.4) is 0 Å². The molecule has 37 heavy (non-hydrogen) atoms. The summed E-state index contributed by atoms with van der Waals surface area (Å²) >= 11 is 1.68. The van der Waals surface area contributed by atoms with Gasteiger partial charge in [0.1, 0.15) is 11.6 Å². The molecular weight excluding hydrogens is 479 g/mol. The molecule has 0 aliphatic carbocycles. The van der Waals surface area contributed by atoms with Gasteiger partial charge in [-0.05, 0) is 53.6 Å². The van der Waals surface area contributed by atoms with Crippen LogP contribution in [0.2, 0.25) is 0 Å². The first-order valence-electron chi connectivity index (χ1n) is 12.0. The molecule has 3 nitrogen and oxygen atoms in total. The van der Waals surface area contributed by atoms with Crippen molar-refractivity contribution in [2.24, 2.45) is 0 Å². The highest BCUT2D eigenvalue weighted by molar-refractivity contribution is 7.21. The zero-order valence-corrected chi connectivity index (χ0v) is 21.0. The first kappa shape index (κ1) is 23.0. The number of rotatable bonds is 6. The third-order valence-corrected chi connectivity index (χ3v) is 7.35. The molecule has 0 aliphatic rings. The summed E-state index contributed by atoms with van der Waals surface area (Å²) in [6, 6.07) is 35.3. The van der Waals surface area contributed by atoms with Gasteiger partial charge in [-0.25, -0.2) is 9.37 Å². The van der Waals surface area contributed by atoms with Crippen molar-refractivity contribution in [3.63, 3.8) is 0 Å². The number of hydrogen-bond donors (Lipinski definition) is 0. The second kappa shape index (κ2) is 9.88. The van der Waals surface area contributed by atoms with E-state index in [1.807, 2.05) is 42.5 Å². The van der Waals surface area contributed by atoms with Crippen LogP contribution in [-0.4, -0.2) is 16.5 Å². The van der Waals surface area contributed by atoms with E-state index in [0.717, 1.165) is 54.9 Å². The smallest absolute Gasteiger partial charge is 0.195 e. The lowest BCUT2D eigenvalue weighted by Gasteiger charge is -2.09. The highest BCUT2D eigenvalue weighted by Gasteiger charge is 2.22. The second-order valence-electron chi connectivity index (χ2n) is 8.59. The zero-order valence-electron chi connectivity index (χ0n) is 20.1. The average Bonchev–Trinajstić information content (AvgIpc) is 3.50. The summed E-state index contributed by atoms with van der Waals surface area (Å²) in [6.45, 7) is 0. The lowest BCUT2D eigenvalue weighted by Crippen LogP contribution is -1.93. The molecule has 0 spiro atoms. The number of nitrogens with zero attached hydrogens (tertiary/aromatic N) is 2.